The van der Waals surface area contributed by atoms with Crippen molar-refractivity contribution in [3.8, 4) is 0 Å². The topological polar surface area (TPSA) is 69.6 Å². The lowest BCUT2D eigenvalue weighted by molar-refractivity contribution is -0.138. The Morgan fingerprint density at radius 3 is 2.20 bits per heavy atom. The van der Waals surface area contributed by atoms with Gasteiger partial charge in [-0.15, -0.1) is 0 Å². The lowest BCUT2D eigenvalue weighted by Crippen LogP contribution is -2.46. The van der Waals surface area contributed by atoms with Gasteiger partial charge in [0.25, 0.3) is 0 Å². The molecule has 1 aliphatic rings. The molecule has 0 saturated carbocycles. The maximum Gasteiger partial charge on any atom is 0.325 e. The van der Waals surface area contributed by atoms with Gasteiger partial charge >= 0.3 is 12.0 Å². The largest absolute Gasteiger partial charge is 0.480 e. The third-order valence-electron chi connectivity index (χ3n) is 2.60. The highest BCUT2D eigenvalue weighted by molar-refractivity contribution is 5.82. The number of carbonyl (C=O) groups excluding carboxylic acids is 1. The summed E-state index contributed by atoms with van der Waals surface area (Å²) in [6.07, 6.45) is 4.32. The van der Waals surface area contributed by atoms with E-state index in [2.05, 4.69) is 5.32 Å². The van der Waals surface area contributed by atoms with Gasteiger partial charge in [0, 0.05) is 13.1 Å². The Morgan fingerprint density at radius 1 is 1.20 bits per heavy atom. The minimum Gasteiger partial charge on any atom is -0.480 e. The van der Waals surface area contributed by atoms with E-state index in [0.717, 1.165) is 38.8 Å². The van der Waals surface area contributed by atoms with E-state index in [0.29, 0.717) is 0 Å². The minimum absolute atomic E-state index is 0.258. The molecule has 0 unspecified atom stereocenters. The van der Waals surface area contributed by atoms with Gasteiger partial charge in [0.1, 0.15) is 6.04 Å². The van der Waals surface area contributed by atoms with Crippen molar-refractivity contribution < 1.29 is 14.7 Å². The number of amides is 2. The highest BCUT2D eigenvalue weighted by Crippen LogP contribution is 2.09. The van der Waals surface area contributed by atoms with Crippen LogP contribution < -0.4 is 5.32 Å². The van der Waals surface area contributed by atoms with Crippen LogP contribution in [0.15, 0.2) is 0 Å². The van der Waals surface area contributed by atoms with E-state index in [1.807, 2.05) is 0 Å². The van der Waals surface area contributed by atoms with Crippen molar-refractivity contribution in [1.29, 1.82) is 0 Å². The second kappa shape index (κ2) is 5.58. The SMILES string of the molecule is C[C@H](NC(=O)N1CCCCCC1)C(=O)O. The van der Waals surface area contributed by atoms with E-state index < -0.39 is 12.0 Å². The molecule has 0 aromatic rings. The summed E-state index contributed by atoms with van der Waals surface area (Å²) in [5, 5.41) is 11.1. The first kappa shape index (κ1) is 11.8. The molecule has 5 heteroatoms. The van der Waals surface area contributed by atoms with Crippen LogP contribution in [0.4, 0.5) is 4.79 Å². The fraction of sp³-hybridized carbons (Fsp3) is 0.800. The van der Waals surface area contributed by atoms with Crippen LogP contribution in [-0.4, -0.2) is 41.1 Å². The number of urea groups is 1. The summed E-state index contributed by atoms with van der Waals surface area (Å²) in [6.45, 7) is 2.94. The van der Waals surface area contributed by atoms with Crippen LogP contribution in [0, 0.1) is 0 Å². The van der Waals surface area contributed by atoms with Gasteiger partial charge in [-0.2, -0.15) is 0 Å². The third kappa shape index (κ3) is 3.77. The summed E-state index contributed by atoms with van der Waals surface area (Å²) in [5.74, 6) is -1.00. The fourth-order valence-electron chi connectivity index (χ4n) is 1.61. The highest BCUT2D eigenvalue weighted by atomic mass is 16.4. The molecule has 1 rings (SSSR count). The number of nitrogens with zero attached hydrogens (tertiary/aromatic N) is 1. The molecule has 0 aromatic carbocycles. The van der Waals surface area contributed by atoms with Crippen LogP contribution in [0.1, 0.15) is 32.6 Å². The Bertz CT molecular complexity index is 235. The first-order valence-electron chi connectivity index (χ1n) is 5.39. The van der Waals surface area contributed by atoms with Gasteiger partial charge in [-0.1, -0.05) is 12.8 Å². The van der Waals surface area contributed by atoms with Crippen molar-refractivity contribution in [1.82, 2.24) is 10.2 Å². The summed E-state index contributed by atoms with van der Waals surface area (Å²) in [5.41, 5.74) is 0. The number of aliphatic carboxylic acids is 1. The van der Waals surface area contributed by atoms with E-state index in [1.54, 1.807) is 4.90 Å². The zero-order chi connectivity index (χ0) is 11.3. The lowest BCUT2D eigenvalue weighted by atomic mass is 10.2. The van der Waals surface area contributed by atoms with Gasteiger partial charge < -0.3 is 15.3 Å². The number of carboxylic acid groups (broad SMARTS) is 1. The summed E-state index contributed by atoms with van der Waals surface area (Å²) >= 11 is 0. The van der Waals surface area contributed by atoms with Crippen LogP contribution >= 0.6 is 0 Å². The molecule has 15 heavy (non-hydrogen) atoms. The molecular weight excluding hydrogens is 196 g/mol. The van der Waals surface area contributed by atoms with Crippen molar-refractivity contribution in [2.24, 2.45) is 0 Å². The van der Waals surface area contributed by atoms with Gasteiger partial charge in [0.05, 0.1) is 0 Å². The molecule has 1 heterocycles. The smallest absolute Gasteiger partial charge is 0.325 e. The van der Waals surface area contributed by atoms with Crippen molar-refractivity contribution in [2.75, 3.05) is 13.1 Å². The molecule has 1 aliphatic heterocycles. The van der Waals surface area contributed by atoms with E-state index in [9.17, 15) is 9.59 Å². The number of carbonyl (C=O) groups is 2. The van der Waals surface area contributed by atoms with Crippen LogP contribution in [0.25, 0.3) is 0 Å². The minimum atomic E-state index is -1.00. The Hall–Kier alpha value is -1.26. The van der Waals surface area contributed by atoms with E-state index in [-0.39, 0.29) is 6.03 Å². The van der Waals surface area contributed by atoms with Crippen molar-refractivity contribution >= 4 is 12.0 Å². The summed E-state index contributed by atoms with van der Waals surface area (Å²) in [6, 6.07) is -1.08. The third-order valence-corrected chi connectivity index (χ3v) is 2.60. The van der Waals surface area contributed by atoms with Gasteiger partial charge in [0.2, 0.25) is 0 Å². The summed E-state index contributed by atoms with van der Waals surface area (Å²) < 4.78 is 0. The van der Waals surface area contributed by atoms with E-state index >= 15 is 0 Å². The molecular formula is C10H18N2O3. The molecule has 5 nitrogen and oxygen atoms in total. The Balaban J connectivity index is 2.41. The number of hydrogen-bond donors (Lipinski definition) is 2. The zero-order valence-corrected chi connectivity index (χ0v) is 9.03. The highest BCUT2D eigenvalue weighted by Gasteiger charge is 2.19. The second-order valence-corrected chi connectivity index (χ2v) is 3.91. The molecule has 2 N–H and O–H groups in total. The maximum absolute atomic E-state index is 11.6. The number of carboxylic acids is 1. The molecule has 0 aromatic heterocycles. The average molecular weight is 214 g/mol. The maximum atomic E-state index is 11.6. The van der Waals surface area contributed by atoms with Gasteiger partial charge in [-0.25, -0.2) is 4.79 Å². The van der Waals surface area contributed by atoms with Gasteiger partial charge in [-0.3, -0.25) is 4.79 Å². The molecule has 1 atom stereocenters. The first-order chi connectivity index (χ1) is 7.11. The second-order valence-electron chi connectivity index (χ2n) is 3.91. The lowest BCUT2D eigenvalue weighted by Gasteiger charge is -2.22. The molecule has 0 aliphatic carbocycles. The van der Waals surface area contributed by atoms with Gasteiger partial charge in [-0.05, 0) is 19.8 Å². The molecule has 86 valence electrons. The van der Waals surface area contributed by atoms with Crippen LogP contribution in [0.5, 0.6) is 0 Å². The van der Waals surface area contributed by atoms with Crippen LogP contribution in [-0.2, 0) is 4.79 Å². The molecule has 0 spiro atoms. The van der Waals surface area contributed by atoms with Crippen LogP contribution in [0.2, 0.25) is 0 Å². The first-order valence-corrected chi connectivity index (χ1v) is 5.39. The Kier molecular flexibility index (Phi) is 4.39. The number of likely N-dealkylation sites (tertiary alicyclic amines) is 1. The number of nitrogens with one attached hydrogen (secondary N) is 1. The Labute approximate surface area is 89.4 Å². The quantitative estimate of drug-likeness (QED) is 0.721. The zero-order valence-electron chi connectivity index (χ0n) is 9.03. The predicted molar refractivity (Wildman–Crippen MR) is 55.7 cm³/mol. The van der Waals surface area contributed by atoms with E-state index in [4.69, 9.17) is 5.11 Å². The molecule has 1 saturated heterocycles. The molecule has 1 fully saturated rings. The normalized spacial score (nSPS) is 19.1. The van der Waals surface area contributed by atoms with Crippen LogP contribution in [0.3, 0.4) is 0 Å². The molecule has 0 bridgehead atoms. The standard InChI is InChI=1S/C10H18N2O3/c1-8(9(13)14)11-10(15)12-6-4-2-3-5-7-12/h8H,2-7H2,1H3,(H,11,15)(H,13,14)/t8-/m0/s1. The molecule has 0 radical (unpaired) electrons. The van der Waals surface area contributed by atoms with E-state index in [1.165, 1.54) is 6.92 Å². The Morgan fingerprint density at radius 2 is 1.73 bits per heavy atom. The van der Waals surface area contributed by atoms with Crippen molar-refractivity contribution in [3.05, 3.63) is 0 Å². The van der Waals surface area contributed by atoms with Crippen molar-refractivity contribution in [3.63, 3.8) is 0 Å². The summed E-state index contributed by atoms with van der Waals surface area (Å²) in [4.78, 5) is 23.9. The fourth-order valence-corrected chi connectivity index (χ4v) is 1.61. The predicted octanol–water partition coefficient (Wildman–Crippen LogP) is 1.05. The van der Waals surface area contributed by atoms with Gasteiger partial charge in [0.15, 0.2) is 0 Å². The summed E-state index contributed by atoms with van der Waals surface area (Å²) in [7, 11) is 0. The number of rotatable bonds is 2. The monoisotopic (exact) mass is 214 g/mol. The molecule has 2 amide bonds. The van der Waals surface area contributed by atoms with Crippen molar-refractivity contribution in [2.45, 2.75) is 38.6 Å². The average Bonchev–Trinajstić information content (AvgIpc) is 2.45. The number of hydrogen-bond acceptors (Lipinski definition) is 2.